The maximum atomic E-state index is 5.29. The molecule has 12 heavy (non-hydrogen) atoms. The molecule has 2 rings (SSSR count). The van der Waals surface area contributed by atoms with Crippen LogP contribution in [0.5, 0.6) is 0 Å². The van der Waals surface area contributed by atoms with Crippen molar-refractivity contribution in [2.45, 2.75) is 0 Å². The van der Waals surface area contributed by atoms with Gasteiger partial charge in [0.15, 0.2) is 0 Å². The van der Waals surface area contributed by atoms with E-state index in [-0.39, 0.29) is 0 Å². The summed E-state index contributed by atoms with van der Waals surface area (Å²) >= 11 is 0. The van der Waals surface area contributed by atoms with E-state index < -0.39 is 0 Å². The molecule has 2 heterocycles. The van der Waals surface area contributed by atoms with Crippen molar-refractivity contribution >= 4 is 0 Å². The number of hydrazine groups is 1. The van der Waals surface area contributed by atoms with Crippen LogP contribution in [0.4, 0.5) is 0 Å². The molecule has 0 aromatic heterocycles. The highest BCUT2D eigenvalue weighted by molar-refractivity contribution is 4.64. The Bertz CT molecular complexity index is 115. The summed E-state index contributed by atoms with van der Waals surface area (Å²) in [7, 11) is 0. The fourth-order valence-corrected chi connectivity index (χ4v) is 1.67. The number of nitrogens with zero attached hydrogens (tertiary/aromatic N) is 2. The first kappa shape index (κ1) is 8.44. The fraction of sp³-hybridized carbons (Fsp3) is 1.00. The van der Waals surface area contributed by atoms with Crippen molar-refractivity contribution in [2.24, 2.45) is 0 Å². The van der Waals surface area contributed by atoms with Gasteiger partial charge in [-0.1, -0.05) is 0 Å². The third-order valence-electron chi connectivity index (χ3n) is 2.37. The van der Waals surface area contributed by atoms with Gasteiger partial charge in [-0.3, -0.25) is 0 Å². The standard InChI is InChI=1S/C8H16N2O2/c1-5-11-6-2-9(1)10-3-7-12-8-4-10/h1-8H2. The van der Waals surface area contributed by atoms with Crippen LogP contribution in [0.2, 0.25) is 0 Å². The zero-order chi connectivity index (χ0) is 8.23. The maximum Gasteiger partial charge on any atom is 0.0608 e. The highest BCUT2D eigenvalue weighted by Gasteiger charge is 2.19. The highest BCUT2D eigenvalue weighted by Crippen LogP contribution is 2.05. The lowest BCUT2D eigenvalue weighted by Gasteiger charge is -2.39. The summed E-state index contributed by atoms with van der Waals surface area (Å²) in [6, 6.07) is 0. The largest absolute Gasteiger partial charge is 0.379 e. The van der Waals surface area contributed by atoms with E-state index in [1.165, 1.54) is 0 Å². The Morgan fingerprint density at radius 2 is 0.917 bits per heavy atom. The van der Waals surface area contributed by atoms with E-state index >= 15 is 0 Å². The Morgan fingerprint density at radius 3 is 1.25 bits per heavy atom. The van der Waals surface area contributed by atoms with Crippen molar-refractivity contribution in [3.63, 3.8) is 0 Å². The number of hydrogen-bond donors (Lipinski definition) is 0. The van der Waals surface area contributed by atoms with Crippen LogP contribution in [0.1, 0.15) is 0 Å². The van der Waals surface area contributed by atoms with Gasteiger partial charge in [0.2, 0.25) is 0 Å². The monoisotopic (exact) mass is 172 g/mol. The van der Waals surface area contributed by atoms with Crippen molar-refractivity contribution in [3.05, 3.63) is 0 Å². The molecule has 0 aromatic carbocycles. The van der Waals surface area contributed by atoms with Crippen LogP contribution >= 0.6 is 0 Å². The van der Waals surface area contributed by atoms with Gasteiger partial charge in [-0.2, -0.15) is 0 Å². The molecule has 0 bridgehead atoms. The van der Waals surface area contributed by atoms with Crippen LogP contribution in [0, 0.1) is 0 Å². The van der Waals surface area contributed by atoms with Crippen LogP contribution in [-0.4, -0.2) is 62.6 Å². The second-order valence-corrected chi connectivity index (χ2v) is 3.13. The fourth-order valence-electron chi connectivity index (χ4n) is 1.67. The van der Waals surface area contributed by atoms with Crippen molar-refractivity contribution in [1.29, 1.82) is 0 Å². The van der Waals surface area contributed by atoms with Gasteiger partial charge >= 0.3 is 0 Å². The van der Waals surface area contributed by atoms with E-state index in [1.807, 2.05) is 0 Å². The van der Waals surface area contributed by atoms with E-state index in [4.69, 9.17) is 9.47 Å². The maximum absolute atomic E-state index is 5.29. The highest BCUT2D eigenvalue weighted by atomic mass is 16.5. The zero-order valence-electron chi connectivity index (χ0n) is 7.37. The molecule has 0 aromatic rings. The van der Waals surface area contributed by atoms with Gasteiger partial charge in [0.25, 0.3) is 0 Å². The second-order valence-electron chi connectivity index (χ2n) is 3.13. The molecule has 0 spiro atoms. The summed E-state index contributed by atoms with van der Waals surface area (Å²) in [4.78, 5) is 0. The predicted octanol–water partition coefficient (Wildman–Crippen LogP) is -0.434. The lowest BCUT2D eigenvalue weighted by molar-refractivity contribution is -0.127. The molecule has 4 heteroatoms. The van der Waals surface area contributed by atoms with Crippen molar-refractivity contribution in [3.8, 4) is 0 Å². The molecule has 2 saturated heterocycles. The third-order valence-corrected chi connectivity index (χ3v) is 2.37. The normalized spacial score (nSPS) is 29.0. The minimum absolute atomic E-state index is 0.872. The average Bonchev–Trinajstić information content (AvgIpc) is 2.21. The van der Waals surface area contributed by atoms with E-state index in [0.29, 0.717) is 0 Å². The Kier molecular flexibility index (Phi) is 2.94. The van der Waals surface area contributed by atoms with Crippen molar-refractivity contribution in [2.75, 3.05) is 52.6 Å². The van der Waals surface area contributed by atoms with Crippen molar-refractivity contribution < 1.29 is 9.47 Å². The van der Waals surface area contributed by atoms with Crippen molar-refractivity contribution in [1.82, 2.24) is 10.0 Å². The summed E-state index contributed by atoms with van der Waals surface area (Å²) < 4.78 is 10.6. The van der Waals surface area contributed by atoms with Gasteiger partial charge < -0.3 is 9.47 Å². The molecular formula is C8H16N2O2. The topological polar surface area (TPSA) is 24.9 Å². The molecule has 0 aliphatic carbocycles. The van der Waals surface area contributed by atoms with Gasteiger partial charge in [0.1, 0.15) is 0 Å². The summed E-state index contributed by atoms with van der Waals surface area (Å²) in [5.74, 6) is 0. The zero-order valence-corrected chi connectivity index (χ0v) is 7.37. The Labute approximate surface area is 73.0 Å². The number of hydrogen-bond acceptors (Lipinski definition) is 4. The van der Waals surface area contributed by atoms with E-state index in [0.717, 1.165) is 52.6 Å². The van der Waals surface area contributed by atoms with Gasteiger partial charge in [-0.25, -0.2) is 10.0 Å². The molecular weight excluding hydrogens is 156 g/mol. The molecule has 70 valence electrons. The molecule has 0 saturated carbocycles. The van der Waals surface area contributed by atoms with Crippen LogP contribution < -0.4 is 0 Å². The van der Waals surface area contributed by atoms with E-state index in [1.54, 1.807) is 0 Å². The first-order valence-electron chi connectivity index (χ1n) is 4.62. The van der Waals surface area contributed by atoms with Crippen LogP contribution in [0.15, 0.2) is 0 Å². The quantitative estimate of drug-likeness (QED) is 0.535. The van der Waals surface area contributed by atoms with Gasteiger partial charge in [-0.15, -0.1) is 0 Å². The Morgan fingerprint density at radius 1 is 0.583 bits per heavy atom. The lowest BCUT2D eigenvalue weighted by atomic mass is 10.4. The van der Waals surface area contributed by atoms with Crippen LogP contribution in [-0.2, 0) is 9.47 Å². The molecule has 0 unspecified atom stereocenters. The first-order chi connectivity index (χ1) is 5.97. The minimum atomic E-state index is 0.872. The van der Waals surface area contributed by atoms with Crippen LogP contribution in [0.3, 0.4) is 0 Å². The minimum Gasteiger partial charge on any atom is -0.379 e. The molecule has 0 N–H and O–H groups in total. The third kappa shape index (κ3) is 1.95. The number of ether oxygens (including phenoxy) is 2. The number of rotatable bonds is 1. The molecule has 4 nitrogen and oxygen atoms in total. The summed E-state index contributed by atoms with van der Waals surface area (Å²) in [6.07, 6.45) is 0. The second kappa shape index (κ2) is 4.18. The van der Waals surface area contributed by atoms with E-state index in [2.05, 4.69) is 10.0 Å². The average molecular weight is 172 g/mol. The Balaban J connectivity index is 1.80. The number of morpholine rings is 2. The summed E-state index contributed by atoms with van der Waals surface area (Å²) in [5, 5.41) is 4.76. The SMILES string of the molecule is C1CN(N2CCOCC2)CCO1. The van der Waals surface area contributed by atoms with Gasteiger partial charge in [0, 0.05) is 26.2 Å². The molecule has 2 fully saturated rings. The molecule has 0 atom stereocenters. The van der Waals surface area contributed by atoms with E-state index in [9.17, 15) is 0 Å². The molecule has 0 amide bonds. The molecule has 0 radical (unpaired) electrons. The lowest BCUT2D eigenvalue weighted by Crippen LogP contribution is -2.52. The smallest absolute Gasteiger partial charge is 0.0608 e. The molecule has 2 aliphatic heterocycles. The Hall–Kier alpha value is -0.160. The predicted molar refractivity (Wildman–Crippen MR) is 44.8 cm³/mol. The van der Waals surface area contributed by atoms with Gasteiger partial charge in [-0.05, 0) is 0 Å². The first-order valence-corrected chi connectivity index (χ1v) is 4.62. The summed E-state index contributed by atoms with van der Waals surface area (Å²) in [6.45, 7) is 7.66. The molecule has 2 aliphatic rings. The summed E-state index contributed by atoms with van der Waals surface area (Å²) in [5.41, 5.74) is 0. The van der Waals surface area contributed by atoms with Crippen LogP contribution in [0.25, 0.3) is 0 Å². The van der Waals surface area contributed by atoms with Gasteiger partial charge in [0.05, 0.1) is 26.4 Å².